The Balaban J connectivity index is 1.50. The minimum Gasteiger partial charge on any atom is -0.394 e. The quantitative estimate of drug-likeness (QED) is 0.114. The summed E-state index contributed by atoms with van der Waals surface area (Å²) in [7, 11) is 0. The van der Waals surface area contributed by atoms with E-state index in [1.54, 1.807) is 0 Å². The van der Waals surface area contributed by atoms with Gasteiger partial charge in [-0.3, -0.25) is 0 Å². The van der Waals surface area contributed by atoms with E-state index in [1.807, 2.05) is 0 Å². The van der Waals surface area contributed by atoms with Crippen LogP contribution in [0.25, 0.3) is 0 Å². The van der Waals surface area contributed by atoms with E-state index in [0.717, 1.165) is 0 Å². The van der Waals surface area contributed by atoms with Crippen molar-refractivity contribution in [1.82, 2.24) is 0 Å². The molecule has 0 aromatic carbocycles. The summed E-state index contributed by atoms with van der Waals surface area (Å²) >= 11 is 0. The highest BCUT2D eigenvalue weighted by Gasteiger charge is 2.54. The van der Waals surface area contributed by atoms with Crippen molar-refractivity contribution in [2.45, 2.75) is 123 Å². The zero-order valence-corrected chi connectivity index (χ0v) is 22.7. The maximum Gasteiger partial charge on any atom is 0.187 e. The van der Waals surface area contributed by atoms with Crippen LogP contribution in [-0.2, 0) is 28.4 Å². The van der Waals surface area contributed by atoms with Gasteiger partial charge in [-0.05, 0) is 6.42 Å². The van der Waals surface area contributed by atoms with E-state index in [-0.39, 0.29) is 19.5 Å². The number of rotatable bonds is 9. The summed E-state index contributed by atoms with van der Waals surface area (Å²) in [5.41, 5.74) is 29.4. The Morgan fingerprint density at radius 2 is 1.00 bits per heavy atom. The van der Waals surface area contributed by atoms with Crippen molar-refractivity contribution < 1.29 is 69.3 Å². The molecule has 0 unspecified atom stereocenters. The van der Waals surface area contributed by atoms with Gasteiger partial charge in [-0.25, -0.2) is 0 Å². The third-order valence-corrected chi connectivity index (χ3v) is 8.30. The van der Waals surface area contributed by atoms with Crippen LogP contribution in [0.4, 0.5) is 0 Å². The Kier molecular flexibility index (Phi) is 11.5. The molecular formula is C23H45N5O14. The molecule has 246 valence electrons. The smallest absolute Gasteiger partial charge is 0.187 e. The standard InChI is InChI=1S/C23H45N5O14/c24-2-7-13(32)15(34)10(27)21(37-7)40-18-5(26)1-6(30)12(31)20(18)42-23-17(36)19(9(4-29)39-23)41-22-11(28)16(35)14(33)8(3-25)38-22/h5-23,29-36H,1-4,24-28H2/t5-,6-,7-,8+,9-,10+,11-,12-,13+,14-,15+,16-,17-,18-,19+,20-,21-,22+,23+/m1/s1. The predicted molar refractivity (Wildman–Crippen MR) is 136 cm³/mol. The molecule has 1 saturated carbocycles. The first-order valence-corrected chi connectivity index (χ1v) is 13.8. The molecule has 4 fully saturated rings. The van der Waals surface area contributed by atoms with Gasteiger partial charge in [-0.2, -0.15) is 0 Å². The molecule has 3 heterocycles. The van der Waals surface area contributed by atoms with Gasteiger partial charge in [0.05, 0.1) is 24.8 Å². The van der Waals surface area contributed by atoms with Crippen LogP contribution in [0.1, 0.15) is 6.42 Å². The molecule has 19 heteroatoms. The molecule has 0 radical (unpaired) electrons. The highest BCUT2D eigenvalue weighted by Crippen LogP contribution is 2.34. The highest BCUT2D eigenvalue weighted by atomic mass is 16.8. The molecule has 0 aromatic rings. The van der Waals surface area contributed by atoms with Crippen molar-refractivity contribution in [3.05, 3.63) is 0 Å². The van der Waals surface area contributed by atoms with E-state index in [4.69, 9.17) is 57.1 Å². The molecule has 19 atom stereocenters. The minimum atomic E-state index is -1.65. The molecule has 19 nitrogen and oxygen atoms in total. The first kappa shape index (κ1) is 34.1. The Morgan fingerprint density at radius 3 is 1.48 bits per heavy atom. The lowest BCUT2D eigenvalue weighted by molar-refractivity contribution is -0.311. The van der Waals surface area contributed by atoms with Crippen molar-refractivity contribution in [2.24, 2.45) is 28.7 Å². The van der Waals surface area contributed by atoms with Gasteiger partial charge in [0.1, 0.15) is 73.2 Å². The van der Waals surface area contributed by atoms with Crippen molar-refractivity contribution in [3.8, 4) is 0 Å². The fraction of sp³-hybridized carbons (Fsp3) is 1.00. The molecule has 1 aliphatic carbocycles. The molecule has 42 heavy (non-hydrogen) atoms. The van der Waals surface area contributed by atoms with Crippen LogP contribution < -0.4 is 28.7 Å². The van der Waals surface area contributed by atoms with Gasteiger partial charge in [-0.1, -0.05) is 0 Å². The van der Waals surface area contributed by atoms with Crippen LogP contribution >= 0.6 is 0 Å². The van der Waals surface area contributed by atoms with Gasteiger partial charge < -0.3 is 97.9 Å². The summed E-state index contributed by atoms with van der Waals surface area (Å²) in [6.07, 6.45) is -22.1. The molecule has 4 aliphatic rings. The largest absolute Gasteiger partial charge is 0.394 e. The van der Waals surface area contributed by atoms with E-state index in [0.29, 0.717) is 0 Å². The summed E-state index contributed by atoms with van der Waals surface area (Å²) in [4.78, 5) is 0. The number of nitrogens with two attached hydrogens (primary N) is 5. The zero-order valence-electron chi connectivity index (χ0n) is 22.7. The Labute approximate surface area is 240 Å². The first-order valence-electron chi connectivity index (χ1n) is 13.8. The van der Waals surface area contributed by atoms with Crippen LogP contribution in [0.15, 0.2) is 0 Å². The van der Waals surface area contributed by atoms with Gasteiger partial charge in [0, 0.05) is 19.1 Å². The first-order chi connectivity index (χ1) is 19.8. The number of aliphatic hydroxyl groups is 8. The molecule has 0 spiro atoms. The lowest BCUT2D eigenvalue weighted by atomic mass is 9.85. The van der Waals surface area contributed by atoms with E-state index >= 15 is 0 Å². The third-order valence-electron chi connectivity index (χ3n) is 8.30. The number of hydrogen-bond acceptors (Lipinski definition) is 19. The van der Waals surface area contributed by atoms with Crippen molar-refractivity contribution >= 4 is 0 Å². The molecule has 0 bridgehead atoms. The van der Waals surface area contributed by atoms with E-state index in [1.165, 1.54) is 0 Å². The lowest BCUT2D eigenvalue weighted by Crippen LogP contribution is -2.67. The molecule has 3 saturated heterocycles. The van der Waals surface area contributed by atoms with E-state index in [2.05, 4.69) is 0 Å². The molecular weight excluding hydrogens is 570 g/mol. The average molecular weight is 616 g/mol. The Hall–Kier alpha value is -0.760. The number of hydrogen-bond donors (Lipinski definition) is 13. The Morgan fingerprint density at radius 1 is 0.548 bits per heavy atom. The fourth-order valence-electron chi connectivity index (χ4n) is 5.68. The van der Waals surface area contributed by atoms with Crippen LogP contribution in [0.3, 0.4) is 0 Å². The summed E-state index contributed by atoms with van der Waals surface area (Å²) in [6, 6.07) is -3.49. The van der Waals surface area contributed by atoms with Crippen molar-refractivity contribution in [1.29, 1.82) is 0 Å². The van der Waals surface area contributed by atoms with Crippen molar-refractivity contribution in [2.75, 3.05) is 19.7 Å². The second-order valence-electron chi connectivity index (χ2n) is 11.2. The van der Waals surface area contributed by atoms with Crippen LogP contribution in [-0.4, -0.2) is 177 Å². The summed E-state index contributed by atoms with van der Waals surface area (Å²) < 4.78 is 34.4. The molecule has 0 aromatic heterocycles. The molecule has 0 amide bonds. The molecule has 18 N–H and O–H groups in total. The van der Waals surface area contributed by atoms with Crippen LogP contribution in [0.5, 0.6) is 0 Å². The van der Waals surface area contributed by atoms with Crippen LogP contribution in [0, 0.1) is 0 Å². The second kappa shape index (κ2) is 14.1. The summed E-state index contributed by atoms with van der Waals surface area (Å²) in [6.45, 7) is -1.02. The molecule has 3 aliphatic heterocycles. The van der Waals surface area contributed by atoms with Crippen LogP contribution in [0.2, 0.25) is 0 Å². The molecule has 4 rings (SSSR count). The zero-order chi connectivity index (χ0) is 31.0. The van der Waals surface area contributed by atoms with Gasteiger partial charge in [0.25, 0.3) is 0 Å². The van der Waals surface area contributed by atoms with E-state index in [9.17, 15) is 40.9 Å². The number of aliphatic hydroxyl groups excluding tert-OH is 8. The minimum absolute atomic E-state index is 0.133. The van der Waals surface area contributed by atoms with Gasteiger partial charge in [0.2, 0.25) is 0 Å². The second-order valence-corrected chi connectivity index (χ2v) is 11.2. The summed E-state index contributed by atoms with van der Waals surface area (Å²) in [5, 5.41) is 83.2. The monoisotopic (exact) mass is 615 g/mol. The highest BCUT2D eigenvalue weighted by molar-refractivity contribution is 5.01. The number of ether oxygens (including phenoxy) is 6. The fourth-order valence-corrected chi connectivity index (χ4v) is 5.68. The van der Waals surface area contributed by atoms with Gasteiger partial charge in [-0.15, -0.1) is 0 Å². The maximum atomic E-state index is 11.1. The van der Waals surface area contributed by atoms with Gasteiger partial charge in [0.15, 0.2) is 18.9 Å². The maximum absolute atomic E-state index is 11.1. The Bertz CT molecular complexity index is 866. The normalized spacial score (nSPS) is 53.8. The lowest BCUT2D eigenvalue weighted by Gasteiger charge is -2.47. The third kappa shape index (κ3) is 6.60. The SMILES string of the molecule is NC[C@@H]1O[C@@H](O[C@@H]2[C@@H](O)[C@H](O[C@@H]3[C@H](O)[C@H](O)C[C@@H](N)[C@H]3O[C@H]3O[C@H](CN)[C@H](O)[C@@H](O)[C@@H]3N)O[C@@H]2CO)[C@H](N)[C@@H](O)[C@@H]1O. The van der Waals surface area contributed by atoms with Crippen molar-refractivity contribution in [3.63, 3.8) is 0 Å². The van der Waals surface area contributed by atoms with Gasteiger partial charge >= 0.3 is 0 Å². The van der Waals surface area contributed by atoms with E-state index < -0.39 is 123 Å². The predicted octanol–water partition coefficient (Wildman–Crippen LogP) is -8.86. The topological polar surface area (TPSA) is 347 Å². The average Bonchev–Trinajstić information content (AvgIpc) is 3.27. The summed E-state index contributed by atoms with van der Waals surface area (Å²) in [5.74, 6) is 0.